The molecule has 1 aliphatic heterocycles. The van der Waals surface area contributed by atoms with Crippen LogP contribution in [-0.2, 0) is 16.1 Å². The number of piperidine rings is 1. The van der Waals surface area contributed by atoms with Crippen molar-refractivity contribution in [2.45, 2.75) is 46.1 Å². The molecular weight excluding hydrogens is 288 g/mol. The second kappa shape index (κ2) is 8.70. The predicted molar refractivity (Wildman–Crippen MR) is 91.7 cm³/mol. The molecule has 1 fully saturated rings. The number of nitrogens with one attached hydrogen (secondary N) is 1. The number of amides is 2. The fourth-order valence-corrected chi connectivity index (χ4v) is 3.16. The van der Waals surface area contributed by atoms with Crippen molar-refractivity contribution in [2.24, 2.45) is 11.8 Å². The monoisotopic (exact) mass is 316 g/mol. The zero-order valence-electron chi connectivity index (χ0n) is 14.3. The first-order chi connectivity index (χ1) is 11.1. The smallest absolute Gasteiger partial charge is 0.225 e. The fourth-order valence-electron chi connectivity index (χ4n) is 3.16. The van der Waals surface area contributed by atoms with Crippen molar-refractivity contribution >= 4 is 11.8 Å². The standard InChI is InChI=1S/C19H28N2O2/c1-3-7-15(2)19(23)21-12-10-17(11-13-21)18(22)20-14-16-8-5-4-6-9-16/h4-6,8-9,15,17H,3,7,10-14H2,1-2H3,(H,20,22). The van der Waals surface area contributed by atoms with Gasteiger partial charge >= 0.3 is 0 Å². The van der Waals surface area contributed by atoms with Crippen LogP contribution in [0.15, 0.2) is 30.3 Å². The molecule has 2 rings (SSSR count). The van der Waals surface area contributed by atoms with Crippen LogP contribution in [-0.4, -0.2) is 29.8 Å². The maximum Gasteiger partial charge on any atom is 0.225 e. The Morgan fingerprint density at radius 2 is 1.87 bits per heavy atom. The Morgan fingerprint density at radius 3 is 2.48 bits per heavy atom. The van der Waals surface area contributed by atoms with E-state index in [1.54, 1.807) is 0 Å². The lowest BCUT2D eigenvalue weighted by Crippen LogP contribution is -2.44. The molecule has 1 unspecified atom stereocenters. The number of carbonyl (C=O) groups excluding carboxylic acids is 2. The van der Waals surface area contributed by atoms with Gasteiger partial charge in [-0.2, -0.15) is 0 Å². The number of carbonyl (C=O) groups is 2. The summed E-state index contributed by atoms with van der Waals surface area (Å²) in [4.78, 5) is 26.5. The number of likely N-dealkylation sites (tertiary alicyclic amines) is 1. The third-order valence-electron chi connectivity index (χ3n) is 4.63. The molecule has 1 heterocycles. The minimum Gasteiger partial charge on any atom is -0.352 e. The van der Waals surface area contributed by atoms with E-state index in [0.29, 0.717) is 19.6 Å². The lowest BCUT2D eigenvalue weighted by atomic mass is 9.94. The Labute approximate surface area is 139 Å². The van der Waals surface area contributed by atoms with Gasteiger partial charge in [-0.3, -0.25) is 9.59 Å². The molecule has 2 amide bonds. The summed E-state index contributed by atoms with van der Waals surface area (Å²) in [5.74, 6) is 0.491. The number of hydrogen-bond acceptors (Lipinski definition) is 2. The van der Waals surface area contributed by atoms with Crippen LogP contribution in [0, 0.1) is 11.8 Å². The summed E-state index contributed by atoms with van der Waals surface area (Å²) in [6.07, 6.45) is 3.51. The minimum atomic E-state index is 0.0317. The molecule has 0 spiro atoms. The van der Waals surface area contributed by atoms with Gasteiger partial charge in [-0.15, -0.1) is 0 Å². The molecule has 0 bridgehead atoms. The molecule has 0 aromatic heterocycles. The molecule has 0 radical (unpaired) electrons. The Kier molecular flexibility index (Phi) is 6.63. The highest BCUT2D eigenvalue weighted by Crippen LogP contribution is 2.20. The van der Waals surface area contributed by atoms with Gasteiger partial charge < -0.3 is 10.2 Å². The molecule has 1 saturated heterocycles. The van der Waals surface area contributed by atoms with Crippen LogP contribution in [0.2, 0.25) is 0 Å². The summed E-state index contributed by atoms with van der Waals surface area (Å²) in [6, 6.07) is 9.94. The molecule has 126 valence electrons. The van der Waals surface area contributed by atoms with Gasteiger partial charge in [0.1, 0.15) is 0 Å². The maximum atomic E-state index is 12.3. The van der Waals surface area contributed by atoms with Crippen LogP contribution in [0.4, 0.5) is 0 Å². The third-order valence-corrected chi connectivity index (χ3v) is 4.63. The first-order valence-corrected chi connectivity index (χ1v) is 8.72. The second-order valence-corrected chi connectivity index (χ2v) is 6.49. The Bertz CT molecular complexity index is 507. The van der Waals surface area contributed by atoms with E-state index >= 15 is 0 Å². The molecule has 0 aliphatic carbocycles. The van der Waals surface area contributed by atoms with Crippen LogP contribution in [0.5, 0.6) is 0 Å². The number of hydrogen-bond donors (Lipinski definition) is 1. The summed E-state index contributed by atoms with van der Waals surface area (Å²) in [5.41, 5.74) is 1.11. The quantitative estimate of drug-likeness (QED) is 0.877. The number of nitrogens with zero attached hydrogens (tertiary/aromatic N) is 1. The van der Waals surface area contributed by atoms with E-state index in [1.165, 1.54) is 0 Å². The maximum absolute atomic E-state index is 12.3. The molecule has 1 atom stereocenters. The topological polar surface area (TPSA) is 49.4 Å². The molecule has 0 saturated carbocycles. The summed E-state index contributed by atoms with van der Waals surface area (Å²) in [6.45, 7) is 6.09. The molecule has 1 N–H and O–H groups in total. The van der Waals surface area contributed by atoms with Crippen LogP contribution in [0.1, 0.15) is 45.1 Å². The lowest BCUT2D eigenvalue weighted by molar-refractivity contribution is -0.138. The molecular formula is C19H28N2O2. The van der Waals surface area contributed by atoms with Crippen molar-refractivity contribution < 1.29 is 9.59 Å². The molecule has 4 heteroatoms. The van der Waals surface area contributed by atoms with Gasteiger partial charge in [-0.1, -0.05) is 50.6 Å². The lowest BCUT2D eigenvalue weighted by Gasteiger charge is -2.33. The van der Waals surface area contributed by atoms with E-state index in [9.17, 15) is 9.59 Å². The van der Waals surface area contributed by atoms with Crippen LogP contribution >= 0.6 is 0 Å². The fraction of sp³-hybridized carbons (Fsp3) is 0.579. The highest BCUT2D eigenvalue weighted by atomic mass is 16.2. The van der Waals surface area contributed by atoms with Gasteiger partial charge in [0.25, 0.3) is 0 Å². The normalized spacial score (nSPS) is 16.9. The highest BCUT2D eigenvalue weighted by Gasteiger charge is 2.28. The van der Waals surface area contributed by atoms with Gasteiger partial charge in [0.05, 0.1) is 0 Å². The van der Waals surface area contributed by atoms with E-state index < -0.39 is 0 Å². The predicted octanol–water partition coefficient (Wildman–Crippen LogP) is 2.98. The van der Waals surface area contributed by atoms with Crippen molar-refractivity contribution in [3.8, 4) is 0 Å². The largest absolute Gasteiger partial charge is 0.352 e. The number of benzene rings is 1. The van der Waals surface area contributed by atoms with Crippen LogP contribution < -0.4 is 5.32 Å². The van der Waals surface area contributed by atoms with E-state index in [4.69, 9.17) is 0 Å². The third kappa shape index (κ3) is 5.08. The Hall–Kier alpha value is -1.84. The zero-order chi connectivity index (χ0) is 16.7. The van der Waals surface area contributed by atoms with Crippen molar-refractivity contribution in [3.05, 3.63) is 35.9 Å². The van der Waals surface area contributed by atoms with Gasteiger partial charge in [0, 0.05) is 31.5 Å². The van der Waals surface area contributed by atoms with E-state index in [1.807, 2.05) is 42.2 Å². The van der Waals surface area contributed by atoms with E-state index in [-0.39, 0.29) is 23.7 Å². The Morgan fingerprint density at radius 1 is 1.22 bits per heavy atom. The van der Waals surface area contributed by atoms with Crippen molar-refractivity contribution in [1.82, 2.24) is 10.2 Å². The second-order valence-electron chi connectivity index (χ2n) is 6.49. The highest BCUT2D eigenvalue weighted by molar-refractivity contribution is 5.80. The number of rotatable bonds is 6. The molecule has 4 nitrogen and oxygen atoms in total. The Balaban J connectivity index is 1.75. The van der Waals surface area contributed by atoms with Gasteiger partial charge in [-0.05, 0) is 24.8 Å². The molecule has 23 heavy (non-hydrogen) atoms. The van der Waals surface area contributed by atoms with Gasteiger partial charge in [0.15, 0.2) is 0 Å². The average Bonchev–Trinajstić information content (AvgIpc) is 2.60. The average molecular weight is 316 g/mol. The first-order valence-electron chi connectivity index (χ1n) is 8.72. The zero-order valence-corrected chi connectivity index (χ0v) is 14.3. The van der Waals surface area contributed by atoms with Crippen molar-refractivity contribution in [1.29, 1.82) is 0 Å². The molecule has 1 aromatic carbocycles. The van der Waals surface area contributed by atoms with Crippen LogP contribution in [0.3, 0.4) is 0 Å². The first kappa shape index (κ1) is 17.5. The van der Waals surface area contributed by atoms with Crippen LogP contribution in [0.25, 0.3) is 0 Å². The minimum absolute atomic E-state index is 0.0317. The van der Waals surface area contributed by atoms with E-state index in [2.05, 4.69) is 12.2 Å². The SMILES string of the molecule is CCCC(C)C(=O)N1CCC(C(=O)NCc2ccccc2)CC1. The van der Waals surface area contributed by atoms with Crippen molar-refractivity contribution in [2.75, 3.05) is 13.1 Å². The van der Waals surface area contributed by atoms with Crippen molar-refractivity contribution in [3.63, 3.8) is 0 Å². The summed E-state index contributed by atoms with van der Waals surface area (Å²) in [7, 11) is 0. The van der Waals surface area contributed by atoms with Gasteiger partial charge in [0.2, 0.25) is 11.8 Å². The summed E-state index contributed by atoms with van der Waals surface area (Å²) < 4.78 is 0. The summed E-state index contributed by atoms with van der Waals surface area (Å²) in [5, 5.41) is 3.01. The molecule has 1 aliphatic rings. The van der Waals surface area contributed by atoms with E-state index in [0.717, 1.165) is 31.2 Å². The molecule has 1 aromatic rings. The van der Waals surface area contributed by atoms with Gasteiger partial charge in [-0.25, -0.2) is 0 Å². The summed E-state index contributed by atoms with van der Waals surface area (Å²) >= 11 is 0.